The van der Waals surface area contributed by atoms with Crippen molar-refractivity contribution in [3.05, 3.63) is 78.4 Å². The molecule has 0 aliphatic rings. The summed E-state index contributed by atoms with van der Waals surface area (Å²) < 4.78 is 0. The molecule has 0 bridgehead atoms. The van der Waals surface area contributed by atoms with Crippen molar-refractivity contribution in [3.8, 4) is 17.2 Å². The van der Waals surface area contributed by atoms with E-state index >= 15 is 0 Å². The van der Waals surface area contributed by atoms with Crippen molar-refractivity contribution in [2.24, 2.45) is 0 Å². The van der Waals surface area contributed by atoms with E-state index in [-0.39, 0.29) is 17.2 Å². The quantitative estimate of drug-likeness (QED) is 0.568. The van der Waals surface area contributed by atoms with Crippen molar-refractivity contribution in [3.63, 3.8) is 0 Å². The van der Waals surface area contributed by atoms with E-state index in [2.05, 4.69) is 0 Å². The van der Waals surface area contributed by atoms with Crippen LogP contribution in [0.5, 0.6) is 17.2 Å². The zero-order valence-corrected chi connectivity index (χ0v) is 14.6. The monoisotopic (exact) mass is 365 g/mol. The van der Waals surface area contributed by atoms with Crippen LogP contribution < -0.4 is 4.90 Å². The van der Waals surface area contributed by atoms with E-state index in [9.17, 15) is 25.2 Å². The lowest BCUT2D eigenvalue weighted by atomic mass is 9.93. The van der Waals surface area contributed by atoms with Gasteiger partial charge >= 0.3 is 0 Å². The Kier molecular flexibility index (Phi) is 4.75. The second-order valence-corrected chi connectivity index (χ2v) is 6.29. The predicted molar refractivity (Wildman–Crippen MR) is 101 cm³/mol. The van der Waals surface area contributed by atoms with Crippen LogP contribution in [0.2, 0.25) is 0 Å². The third-order valence-corrected chi connectivity index (χ3v) is 4.26. The Morgan fingerprint density at radius 1 is 0.704 bits per heavy atom. The summed E-state index contributed by atoms with van der Waals surface area (Å²) in [4.78, 5) is 14.6. The number of amides is 1. The number of anilines is 2. The van der Waals surface area contributed by atoms with Crippen LogP contribution in [0.3, 0.4) is 0 Å². The molecule has 0 aromatic heterocycles. The lowest BCUT2D eigenvalue weighted by molar-refractivity contribution is -0.135. The molecule has 0 radical (unpaired) electrons. The summed E-state index contributed by atoms with van der Waals surface area (Å²) in [5, 5.41) is 39.5. The number of benzene rings is 3. The maximum Gasteiger partial charge on any atom is 0.267 e. The molecule has 3 aromatic carbocycles. The van der Waals surface area contributed by atoms with Crippen LogP contribution in [-0.2, 0) is 10.4 Å². The van der Waals surface area contributed by atoms with E-state index in [0.717, 1.165) is 0 Å². The Morgan fingerprint density at radius 2 is 1.04 bits per heavy atom. The molecule has 1 amide bonds. The minimum absolute atomic E-state index is 0.0240. The van der Waals surface area contributed by atoms with Crippen LogP contribution >= 0.6 is 0 Å². The van der Waals surface area contributed by atoms with E-state index < -0.39 is 11.5 Å². The zero-order chi connectivity index (χ0) is 19.6. The van der Waals surface area contributed by atoms with Gasteiger partial charge in [-0.25, -0.2) is 0 Å². The fraction of sp³-hybridized carbons (Fsp3) is 0.0952. The number of hydrogen-bond acceptors (Lipinski definition) is 5. The van der Waals surface area contributed by atoms with Gasteiger partial charge in [-0.05, 0) is 73.2 Å². The smallest absolute Gasteiger partial charge is 0.267 e. The fourth-order valence-corrected chi connectivity index (χ4v) is 2.71. The van der Waals surface area contributed by atoms with E-state index in [1.54, 1.807) is 24.3 Å². The van der Waals surface area contributed by atoms with Crippen molar-refractivity contribution < 1.29 is 25.2 Å². The molecular weight excluding hydrogens is 346 g/mol. The first-order valence-corrected chi connectivity index (χ1v) is 8.23. The summed E-state index contributed by atoms with van der Waals surface area (Å²) in [5.41, 5.74) is -0.707. The molecule has 0 saturated carbocycles. The lowest BCUT2D eigenvalue weighted by Crippen LogP contribution is -2.43. The Balaban J connectivity index is 2.08. The highest BCUT2D eigenvalue weighted by Crippen LogP contribution is 2.34. The second-order valence-electron chi connectivity index (χ2n) is 6.29. The molecule has 0 aliphatic heterocycles. The van der Waals surface area contributed by atoms with Gasteiger partial charge in [-0.15, -0.1) is 0 Å². The van der Waals surface area contributed by atoms with Crippen molar-refractivity contribution >= 4 is 17.3 Å². The van der Waals surface area contributed by atoms with Gasteiger partial charge in [0.2, 0.25) is 0 Å². The van der Waals surface area contributed by atoms with Gasteiger partial charge in [0.05, 0.1) is 0 Å². The largest absolute Gasteiger partial charge is 0.508 e. The Morgan fingerprint density at radius 3 is 1.41 bits per heavy atom. The number of phenols is 3. The number of rotatable bonds is 4. The van der Waals surface area contributed by atoms with Crippen molar-refractivity contribution in [1.82, 2.24) is 0 Å². The Hall–Kier alpha value is -3.51. The first-order valence-electron chi connectivity index (χ1n) is 8.23. The predicted octanol–water partition coefficient (Wildman–Crippen LogP) is 3.38. The first-order chi connectivity index (χ1) is 12.8. The minimum atomic E-state index is -1.89. The van der Waals surface area contributed by atoms with Gasteiger partial charge < -0.3 is 20.4 Å². The molecule has 0 spiro atoms. The summed E-state index contributed by atoms with van der Waals surface area (Å²) in [6.45, 7) is 1.37. The number of carbonyl (C=O) groups is 1. The molecule has 3 rings (SSSR count). The fourth-order valence-electron chi connectivity index (χ4n) is 2.71. The van der Waals surface area contributed by atoms with Crippen LogP contribution in [0.25, 0.3) is 0 Å². The molecule has 1 unspecified atom stereocenters. The highest BCUT2D eigenvalue weighted by atomic mass is 16.3. The summed E-state index contributed by atoms with van der Waals surface area (Å²) in [7, 11) is 0. The van der Waals surface area contributed by atoms with Gasteiger partial charge in [0, 0.05) is 11.4 Å². The molecule has 0 saturated heterocycles. The average Bonchev–Trinajstić information content (AvgIpc) is 2.65. The maximum absolute atomic E-state index is 13.3. The first kappa shape index (κ1) is 18.3. The second kappa shape index (κ2) is 7.01. The summed E-state index contributed by atoms with van der Waals surface area (Å²) in [6.07, 6.45) is 0. The van der Waals surface area contributed by atoms with Crippen molar-refractivity contribution in [2.45, 2.75) is 12.5 Å². The van der Waals surface area contributed by atoms with Crippen molar-refractivity contribution in [1.29, 1.82) is 0 Å². The Labute approximate surface area is 156 Å². The van der Waals surface area contributed by atoms with E-state index in [0.29, 0.717) is 16.9 Å². The molecule has 1 atom stereocenters. The highest BCUT2D eigenvalue weighted by Gasteiger charge is 2.37. The van der Waals surface area contributed by atoms with Crippen LogP contribution in [0.15, 0.2) is 72.8 Å². The van der Waals surface area contributed by atoms with Gasteiger partial charge in [0.25, 0.3) is 5.91 Å². The summed E-state index contributed by atoms with van der Waals surface area (Å²) in [5.74, 6) is -0.523. The van der Waals surface area contributed by atoms with Gasteiger partial charge in [0.15, 0.2) is 5.60 Å². The molecule has 0 fully saturated rings. The zero-order valence-electron chi connectivity index (χ0n) is 14.6. The molecule has 3 aromatic rings. The van der Waals surface area contributed by atoms with Crippen LogP contribution in [0, 0.1) is 0 Å². The van der Waals surface area contributed by atoms with Crippen LogP contribution in [0.1, 0.15) is 12.5 Å². The molecule has 6 nitrogen and oxygen atoms in total. The molecule has 6 heteroatoms. The average molecular weight is 365 g/mol. The number of aromatic hydroxyl groups is 3. The van der Waals surface area contributed by atoms with E-state index in [1.807, 2.05) is 0 Å². The van der Waals surface area contributed by atoms with Gasteiger partial charge in [-0.2, -0.15) is 0 Å². The Bertz CT molecular complexity index is 886. The number of hydrogen-bond donors (Lipinski definition) is 4. The number of nitrogens with zero attached hydrogens (tertiary/aromatic N) is 1. The normalized spacial score (nSPS) is 13.0. The van der Waals surface area contributed by atoms with Crippen molar-refractivity contribution in [2.75, 3.05) is 4.90 Å². The molecule has 0 heterocycles. The molecule has 0 aliphatic carbocycles. The molecular formula is C21H19NO5. The van der Waals surface area contributed by atoms with Crippen LogP contribution in [-0.4, -0.2) is 26.3 Å². The minimum Gasteiger partial charge on any atom is -0.508 e. The third-order valence-electron chi connectivity index (χ3n) is 4.26. The summed E-state index contributed by atoms with van der Waals surface area (Å²) in [6, 6.07) is 17.7. The van der Waals surface area contributed by atoms with E-state index in [1.165, 1.54) is 60.4 Å². The molecule has 4 N–H and O–H groups in total. The number of carbonyl (C=O) groups excluding carboxylic acids is 1. The van der Waals surface area contributed by atoms with Crippen LogP contribution in [0.4, 0.5) is 11.4 Å². The maximum atomic E-state index is 13.3. The SMILES string of the molecule is CC(O)(C(=O)N(c1ccc(O)cc1)c1ccc(O)cc1)c1ccc(O)cc1. The third kappa shape index (κ3) is 3.70. The standard InChI is InChI=1S/C21H19NO5/c1-21(27,14-2-8-17(23)9-3-14)20(26)22(15-4-10-18(24)11-5-15)16-6-12-19(25)13-7-16/h2-13,23-25,27H,1H3. The number of phenolic OH excluding ortho intramolecular Hbond substituents is 3. The highest BCUT2D eigenvalue weighted by molar-refractivity contribution is 6.05. The van der Waals surface area contributed by atoms with Gasteiger partial charge in [0.1, 0.15) is 17.2 Å². The summed E-state index contributed by atoms with van der Waals surface area (Å²) >= 11 is 0. The molecule has 27 heavy (non-hydrogen) atoms. The van der Waals surface area contributed by atoms with E-state index in [4.69, 9.17) is 0 Å². The topological polar surface area (TPSA) is 101 Å². The molecule has 138 valence electrons. The lowest BCUT2D eigenvalue weighted by Gasteiger charge is -2.31. The van der Waals surface area contributed by atoms with Gasteiger partial charge in [-0.1, -0.05) is 12.1 Å². The van der Waals surface area contributed by atoms with Gasteiger partial charge in [-0.3, -0.25) is 9.69 Å². The number of aliphatic hydroxyl groups is 1.